The van der Waals surface area contributed by atoms with Crippen LogP contribution in [-0.4, -0.2) is 4.89 Å². The van der Waals surface area contributed by atoms with Crippen LogP contribution in [0.5, 0.6) is 11.5 Å². The van der Waals surface area contributed by atoms with Crippen LogP contribution in [0.25, 0.3) is 12.2 Å². The minimum absolute atomic E-state index is 0.292. The van der Waals surface area contributed by atoms with Crippen molar-refractivity contribution in [3.05, 3.63) is 71.8 Å². The lowest BCUT2D eigenvalue weighted by atomic mass is 10.2. The highest BCUT2D eigenvalue weighted by atomic mass is 31.2. The van der Waals surface area contributed by atoms with Crippen LogP contribution in [0.4, 0.5) is 0 Å². The summed E-state index contributed by atoms with van der Waals surface area (Å²) in [6.45, 7) is 3.72. The Bertz CT molecular complexity index is 704. The van der Waals surface area contributed by atoms with Crippen LogP contribution < -0.4 is 9.05 Å². The lowest BCUT2D eigenvalue weighted by Gasteiger charge is -2.16. The molecule has 0 atom stereocenters. The maximum absolute atomic E-state index is 12.3. The van der Waals surface area contributed by atoms with Crippen molar-refractivity contribution in [3.8, 4) is 11.5 Å². The fourth-order valence-corrected chi connectivity index (χ4v) is 2.90. The molecule has 120 valence electrons. The summed E-state index contributed by atoms with van der Waals surface area (Å²) < 4.78 is 22.8. The molecule has 0 fully saturated rings. The van der Waals surface area contributed by atoms with Crippen molar-refractivity contribution in [3.63, 3.8) is 0 Å². The van der Waals surface area contributed by atoms with Crippen molar-refractivity contribution >= 4 is 20.0 Å². The first-order valence-electron chi connectivity index (χ1n) is 7.21. The van der Waals surface area contributed by atoms with Gasteiger partial charge in [0.1, 0.15) is 11.5 Å². The molecule has 0 bridgehead atoms. The number of rotatable bonds is 6. The van der Waals surface area contributed by atoms with Crippen LogP contribution in [0.1, 0.15) is 25.0 Å². The van der Waals surface area contributed by atoms with E-state index in [1.54, 1.807) is 48.6 Å². The zero-order valence-corrected chi connectivity index (χ0v) is 13.9. The molecule has 0 aliphatic carbocycles. The summed E-state index contributed by atoms with van der Waals surface area (Å²) in [7, 11) is -4.31. The Morgan fingerprint density at radius 2 is 1.22 bits per heavy atom. The second kappa shape index (κ2) is 7.82. The monoisotopic (exact) mass is 330 g/mol. The van der Waals surface area contributed by atoms with E-state index < -0.39 is 7.82 Å². The van der Waals surface area contributed by atoms with Gasteiger partial charge in [-0.05, 0) is 26.0 Å². The molecule has 5 heteroatoms. The van der Waals surface area contributed by atoms with Crippen molar-refractivity contribution in [2.75, 3.05) is 0 Å². The van der Waals surface area contributed by atoms with E-state index in [0.29, 0.717) is 22.6 Å². The van der Waals surface area contributed by atoms with Crippen molar-refractivity contribution in [2.45, 2.75) is 13.8 Å². The number of benzene rings is 2. The molecule has 0 radical (unpaired) electrons. The van der Waals surface area contributed by atoms with Gasteiger partial charge in [-0.2, -0.15) is 0 Å². The Hall–Kier alpha value is -2.29. The van der Waals surface area contributed by atoms with E-state index in [0.717, 1.165) is 0 Å². The molecular weight excluding hydrogens is 311 g/mol. The molecular formula is C18H19O4P. The van der Waals surface area contributed by atoms with Crippen LogP contribution >= 0.6 is 7.82 Å². The molecule has 4 nitrogen and oxygen atoms in total. The minimum atomic E-state index is -4.31. The molecule has 0 aromatic heterocycles. The summed E-state index contributed by atoms with van der Waals surface area (Å²) in [4.78, 5) is 10.1. The highest BCUT2D eigenvalue weighted by Crippen LogP contribution is 2.46. The zero-order valence-electron chi connectivity index (χ0n) is 13.0. The third kappa shape index (κ3) is 4.85. The van der Waals surface area contributed by atoms with E-state index in [-0.39, 0.29) is 0 Å². The third-order valence-corrected chi connectivity index (χ3v) is 3.81. The summed E-state index contributed by atoms with van der Waals surface area (Å²) in [5.41, 5.74) is 1.41. The molecule has 2 aromatic rings. The zero-order chi connectivity index (χ0) is 16.7. The van der Waals surface area contributed by atoms with Gasteiger partial charge in [0, 0.05) is 11.1 Å². The van der Waals surface area contributed by atoms with Crippen molar-refractivity contribution < 1.29 is 18.5 Å². The van der Waals surface area contributed by atoms with Crippen molar-refractivity contribution in [1.82, 2.24) is 0 Å². The summed E-state index contributed by atoms with van der Waals surface area (Å²) >= 11 is 0. The molecule has 0 unspecified atom stereocenters. The first-order chi connectivity index (χ1) is 11.1. The van der Waals surface area contributed by atoms with Gasteiger partial charge in [0.25, 0.3) is 0 Å². The summed E-state index contributed by atoms with van der Waals surface area (Å²) in [5.74, 6) is 0.583. The smallest absolute Gasteiger partial charge is 0.395 e. The van der Waals surface area contributed by atoms with Crippen LogP contribution in [0.2, 0.25) is 0 Å². The third-order valence-electron chi connectivity index (χ3n) is 2.96. The fraction of sp³-hybridized carbons (Fsp3) is 0.111. The van der Waals surface area contributed by atoms with E-state index >= 15 is 0 Å². The van der Waals surface area contributed by atoms with E-state index in [4.69, 9.17) is 9.05 Å². The van der Waals surface area contributed by atoms with Gasteiger partial charge in [-0.15, -0.1) is 0 Å². The molecule has 0 amide bonds. The predicted molar refractivity (Wildman–Crippen MR) is 93.4 cm³/mol. The number of allylic oxidation sites excluding steroid dienone is 2. The predicted octanol–water partition coefficient (Wildman–Crippen LogP) is 5.31. The lowest BCUT2D eigenvalue weighted by Crippen LogP contribution is -2.01. The molecule has 0 aliphatic heterocycles. The lowest BCUT2D eigenvalue weighted by molar-refractivity contribution is 0.290. The molecule has 0 saturated heterocycles. The molecule has 0 aliphatic rings. The summed E-state index contributed by atoms with van der Waals surface area (Å²) in [6.07, 6.45) is 7.24. The van der Waals surface area contributed by atoms with Gasteiger partial charge in [0.2, 0.25) is 0 Å². The quantitative estimate of drug-likeness (QED) is 0.729. The molecule has 23 heavy (non-hydrogen) atoms. The molecule has 2 aromatic carbocycles. The van der Waals surface area contributed by atoms with Crippen LogP contribution in [0, 0.1) is 0 Å². The number of phosphoric ester groups is 1. The molecule has 1 N–H and O–H groups in total. The minimum Gasteiger partial charge on any atom is -0.395 e. The highest BCUT2D eigenvalue weighted by Gasteiger charge is 2.26. The van der Waals surface area contributed by atoms with Gasteiger partial charge in [-0.1, -0.05) is 60.7 Å². The first kappa shape index (κ1) is 17.1. The topological polar surface area (TPSA) is 55.8 Å². The van der Waals surface area contributed by atoms with Gasteiger partial charge >= 0.3 is 7.82 Å². The first-order valence-corrected chi connectivity index (χ1v) is 8.70. The van der Waals surface area contributed by atoms with Gasteiger partial charge in [-0.25, -0.2) is 4.57 Å². The average Bonchev–Trinajstić information content (AvgIpc) is 2.51. The molecule has 2 rings (SSSR count). The van der Waals surface area contributed by atoms with Crippen molar-refractivity contribution in [2.24, 2.45) is 0 Å². The number of phosphoric acid groups is 1. The Labute approximate surface area is 136 Å². The van der Waals surface area contributed by atoms with Gasteiger partial charge in [0.05, 0.1) is 0 Å². The Morgan fingerprint density at radius 1 is 0.826 bits per heavy atom. The second-order valence-electron chi connectivity index (χ2n) is 4.73. The Balaban J connectivity index is 2.25. The van der Waals surface area contributed by atoms with Gasteiger partial charge in [-0.3, -0.25) is 4.89 Å². The van der Waals surface area contributed by atoms with Gasteiger partial charge < -0.3 is 9.05 Å². The summed E-state index contributed by atoms with van der Waals surface area (Å²) in [6, 6.07) is 14.0. The molecule has 0 heterocycles. The SMILES string of the molecule is C/C=C/c1ccccc1OP(=O)(O)Oc1ccccc1/C=C/C. The van der Waals surface area contributed by atoms with Crippen LogP contribution in [-0.2, 0) is 4.57 Å². The number of hydrogen-bond donors (Lipinski definition) is 1. The summed E-state index contributed by atoms with van der Waals surface area (Å²) in [5, 5.41) is 0. The standard InChI is InChI=1S/C18H19O4P/c1-3-9-15-11-5-7-13-17(15)21-23(19,20)22-18-14-8-6-12-16(18)10-4-2/h3-14H,1-2H3,(H,19,20)/b9-3+,10-4+. The number of hydrogen-bond acceptors (Lipinski definition) is 3. The molecule has 0 saturated carbocycles. The largest absolute Gasteiger partial charge is 0.584 e. The van der Waals surface area contributed by atoms with E-state index in [1.807, 2.05) is 38.1 Å². The Kier molecular flexibility index (Phi) is 5.80. The number of para-hydroxylation sites is 2. The van der Waals surface area contributed by atoms with Gasteiger partial charge in [0.15, 0.2) is 0 Å². The Morgan fingerprint density at radius 3 is 1.61 bits per heavy atom. The van der Waals surface area contributed by atoms with Crippen molar-refractivity contribution in [1.29, 1.82) is 0 Å². The highest BCUT2D eigenvalue weighted by molar-refractivity contribution is 7.48. The normalized spacial score (nSPS) is 12.0. The fourth-order valence-electron chi connectivity index (χ4n) is 2.03. The molecule has 0 spiro atoms. The van der Waals surface area contributed by atoms with E-state index in [1.165, 1.54) is 0 Å². The van der Waals surface area contributed by atoms with E-state index in [9.17, 15) is 9.46 Å². The van der Waals surface area contributed by atoms with Crippen LogP contribution in [0.3, 0.4) is 0 Å². The van der Waals surface area contributed by atoms with E-state index in [2.05, 4.69) is 0 Å². The average molecular weight is 330 g/mol. The second-order valence-corrected chi connectivity index (χ2v) is 6.03. The maximum atomic E-state index is 12.3. The van der Waals surface area contributed by atoms with Crippen LogP contribution in [0.15, 0.2) is 60.7 Å². The maximum Gasteiger partial charge on any atom is 0.584 e.